The number of benzene rings is 1. The monoisotopic (exact) mass is 433 g/mol. The van der Waals surface area contributed by atoms with Gasteiger partial charge in [0.15, 0.2) is 11.5 Å². The number of carbonyl (C=O) groups excluding carboxylic acids is 3. The summed E-state index contributed by atoms with van der Waals surface area (Å²) < 4.78 is 15.8. The molecule has 0 bridgehead atoms. The zero-order chi connectivity index (χ0) is 22.4. The van der Waals surface area contributed by atoms with E-state index in [9.17, 15) is 14.4 Å². The van der Waals surface area contributed by atoms with Crippen molar-refractivity contribution in [2.24, 2.45) is 5.92 Å². The van der Waals surface area contributed by atoms with Gasteiger partial charge in [0, 0.05) is 38.2 Å². The van der Waals surface area contributed by atoms with Crippen molar-refractivity contribution in [1.82, 2.24) is 15.5 Å². The molecule has 2 heterocycles. The molecule has 170 valence electrons. The van der Waals surface area contributed by atoms with Gasteiger partial charge in [0.25, 0.3) is 5.91 Å². The van der Waals surface area contributed by atoms with Gasteiger partial charge in [-0.25, -0.2) is 4.79 Å². The van der Waals surface area contributed by atoms with Gasteiger partial charge in [-0.3, -0.25) is 9.59 Å². The minimum Gasteiger partial charge on any atom is -0.454 e. The molecule has 0 atom stereocenters. The average molecular weight is 434 g/mol. The van der Waals surface area contributed by atoms with Crippen LogP contribution in [0.3, 0.4) is 0 Å². The Balaban J connectivity index is 1.33. The minimum absolute atomic E-state index is 0.0194. The highest BCUT2D eigenvalue weighted by atomic mass is 16.7. The largest absolute Gasteiger partial charge is 0.454 e. The molecule has 2 aliphatic rings. The molecule has 1 aromatic rings. The van der Waals surface area contributed by atoms with E-state index >= 15 is 0 Å². The maximum atomic E-state index is 12.7. The molecule has 3 amide bonds. The van der Waals surface area contributed by atoms with E-state index in [0.717, 1.165) is 12.8 Å². The van der Waals surface area contributed by atoms with Crippen molar-refractivity contribution < 1.29 is 28.6 Å². The molecule has 0 radical (unpaired) electrons. The normalized spacial score (nSPS) is 16.0. The number of alkyl carbamates (subject to hydrolysis) is 1. The van der Waals surface area contributed by atoms with Crippen LogP contribution in [0.25, 0.3) is 0 Å². The van der Waals surface area contributed by atoms with Crippen LogP contribution in [-0.4, -0.2) is 61.4 Å². The average Bonchev–Trinajstić information content (AvgIpc) is 3.18. The summed E-state index contributed by atoms with van der Waals surface area (Å²) in [4.78, 5) is 38.2. The van der Waals surface area contributed by atoms with Gasteiger partial charge < -0.3 is 29.7 Å². The summed E-state index contributed by atoms with van der Waals surface area (Å²) in [5, 5.41) is 5.49. The van der Waals surface area contributed by atoms with Crippen LogP contribution in [0.4, 0.5) is 4.79 Å². The Morgan fingerprint density at radius 3 is 2.52 bits per heavy atom. The molecule has 0 aliphatic carbocycles. The van der Waals surface area contributed by atoms with Crippen LogP contribution in [0.15, 0.2) is 18.2 Å². The topological polar surface area (TPSA) is 106 Å². The number of carbonyl (C=O) groups is 3. The van der Waals surface area contributed by atoms with E-state index in [1.165, 1.54) is 0 Å². The number of hydrogen-bond acceptors (Lipinski definition) is 6. The molecule has 0 unspecified atom stereocenters. The van der Waals surface area contributed by atoms with Crippen molar-refractivity contribution in [3.05, 3.63) is 23.8 Å². The molecule has 1 saturated heterocycles. The van der Waals surface area contributed by atoms with Crippen LogP contribution in [0.5, 0.6) is 11.5 Å². The third kappa shape index (κ3) is 6.77. The molecule has 9 heteroatoms. The van der Waals surface area contributed by atoms with Crippen LogP contribution >= 0.6 is 0 Å². The van der Waals surface area contributed by atoms with E-state index in [-0.39, 0.29) is 31.6 Å². The molecule has 2 aliphatic heterocycles. The molecule has 2 N–H and O–H groups in total. The van der Waals surface area contributed by atoms with E-state index in [1.54, 1.807) is 39.0 Å². The van der Waals surface area contributed by atoms with Crippen LogP contribution in [0.2, 0.25) is 0 Å². The highest BCUT2D eigenvalue weighted by Gasteiger charge is 2.25. The van der Waals surface area contributed by atoms with Gasteiger partial charge >= 0.3 is 6.09 Å². The van der Waals surface area contributed by atoms with E-state index < -0.39 is 11.7 Å². The fourth-order valence-corrected chi connectivity index (χ4v) is 3.49. The first kappa shape index (κ1) is 22.7. The van der Waals surface area contributed by atoms with Crippen LogP contribution in [-0.2, 0) is 9.53 Å². The molecule has 9 nitrogen and oxygen atoms in total. The van der Waals surface area contributed by atoms with Crippen LogP contribution < -0.4 is 20.1 Å². The first-order chi connectivity index (χ1) is 14.7. The quantitative estimate of drug-likeness (QED) is 0.713. The van der Waals surface area contributed by atoms with Crippen molar-refractivity contribution in [2.75, 3.05) is 33.0 Å². The third-order valence-electron chi connectivity index (χ3n) is 5.13. The zero-order valence-corrected chi connectivity index (χ0v) is 18.4. The van der Waals surface area contributed by atoms with Gasteiger partial charge in [-0.15, -0.1) is 0 Å². The summed E-state index contributed by atoms with van der Waals surface area (Å²) in [5.41, 5.74) is 0.0270. The van der Waals surface area contributed by atoms with Gasteiger partial charge in [0.05, 0.1) is 0 Å². The molecular formula is C22H31N3O6. The van der Waals surface area contributed by atoms with Gasteiger partial charge in [0.2, 0.25) is 12.7 Å². The smallest absolute Gasteiger partial charge is 0.407 e. The summed E-state index contributed by atoms with van der Waals surface area (Å²) in [6.45, 7) is 7.62. The third-order valence-corrected chi connectivity index (χ3v) is 5.13. The Kier molecular flexibility index (Phi) is 7.25. The number of nitrogens with zero attached hydrogens (tertiary/aromatic N) is 1. The lowest BCUT2D eigenvalue weighted by molar-refractivity contribution is -0.121. The predicted octanol–water partition coefficient (Wildman–Crippen LogP) is 2.30. The van der Waals surface area contributed by atoms with Crippen LogP contribution in [0.1, 0.15) is 50.4 Å². The Hall–Kier alpha value is -2.97. The molecule has 3 rings (SSSR count). The maximum absolute atomic E-state index is 12.7. The molecule has 0 spiro atoms. The van der Waals surface area contributed by atoms with Gasteiger partial charge in [0.1, 0.15) is 5.60 Å². The zero-order valence-electron chi connectivity index (χ0n) is 18.4. The molecule has 1 fully saturated rings. The van der Waals surface area contributed by atoms with Crippen molar-refractivity contribution in [3.8, 4) is 11.5 Å². The summed E-state index contributed by atoms with van der Waals surface area (Å²) in [5.74, 6) is 1.45. The Morgan fingerprint density at radius 1 is 1.10 bits per heavy atom. The number of hydrogen-bond donors (Lipinski definition) is 2. The van der Waals surface area contributed by atoms with Gasteiger partial charge in [-0.05, 0) is 57.7 Å². The van der Waals surface area contributed by atoms with E-state index in [0.29, 0.717) is 42.6 Å². The second-order valence-corrected chi connectivity index (χ2v) is 8.79. The minimum atomic E-state index is -0.564. The number of nitrogens with one attached hydrogen (secondary N) is 2. The van der Waals surface area contributed by atoms with Crippen molar-refractivity contribution in [2.45, 2.75) is 45.6 Å². The van der Waals surface area contributed by atoms with E-state index in [1.807, 2.05) is 4.90 Å². The fraction of sp³-hybridized carbons (Fsp3) is 0.591. The van der Waals surface area contributed by atoms with Crippen molar-refractivity contribution in [3.63, 3.8) is 0 Å². The fourth-order valence-electron chi connectivity index (χ4n) is 3.49. The molecule has 0 aromatic heterocycles. The molecule has 1 aromatic carbocycles. The summed E-state index contributed by atoms with van der Waals surface area (Å²) in [6.07, 6.45) is 1.32. The van der Waals surface area contributed by atoms with Gasteiger partial charge in [-0.2, -0.15) is 0 Å². The highest BCUT2D eigenvalue weighted by Crippen LogP contribution is 2.33. The van der Waals surface area contributed by atoms with Gasteiger partial charge in [-0.1, -0.05) is 0 Å². The number of fused-ring (bicyclic) bond motifs is 1. The Morgan fingerprint density at radius 2 is 1.81 bits per heavy atom. The second-order valence-electron chi connectivity index (χ2n) is 8.79. The summed E-state index contributed by atoms with van der Waals surface area (Å²) in [6, 6.07) is 5.24. The number of amides is 3. The standard InChI is InChI=1S/C22H31N3O6/c1-22(2,3)31-21(28)23-9-6-19(26)24-13-15-7-10-25(11-8-15)20(27)16-4-5-17-18(12-16)30-14-29-17/h4-5,12,15H,6-11,13-14H2,1-3H3,(H,23,28)(H,24,26). The predicted molar refractivity (Wildman–Crippen MR) is 113 cm³/mol. The Labute approximate surface area is 182 Å². The lowest BCUT2D eigenvalue weighted by atomic mass is 9.96. The lowest BCUT2D eigenvalue weighted by Gasteiger charge is -2.32. The van der Waals surface area contributed by atoms with E-state index in [4.69, 9.17) is 14.2 Å². The van der Waals surface area contributed by atoms with Crippen molar-refractivity contribution >= 4 is 17.9 Å². The number of piperidine rings is 1. The summed E-state index contributed by atoms with van der Waals surface area (Å²) in [7, 11) is 0. The van der Waals surface area contributed by atoms with Crippen LogP contribution in [0, 0.1) is 5.92 Å². The molecular weight excluding hydrogens is 402 g/mol. The first-order valence-electron chi connectivity index (χ1n) is 10.6. The Bertz CT molecular complexity index is 812. The first-order valence-corrected chi connectivity index (χ1v) is 10.6. The SMILES string of the molecule is CC(C)(C)OC(=O)NCCC(=O)NCC1CCN(C(=O)c2ccc3c(c2)OCO3)CC1. The van der Waals surface area contributed by atoms with Crippen molar-refractivity contribution in [1.29, 1.82) is 0 Å². The molecule has 31 heavy (non-hydrogen) atoms. The maximum Gasteiger partial charge on any atom is 0.407 e. The number of likely N-dealkylation sites (tertiary alicyclic amines) is 1. The second kappa shape index (κ2) is 9.89. The highest BCUT2D eigenvalue weighted by molar-refractivity contribution is 5.95. The lowest BCUT2D eigenvalue weighted by Crippen LogP contribution is -2.42. The number of ether oxygens (including phenoxy) is 3. The summed E-state index contributed by atoms with van der Waals surface area (Å²) >= 11 is 0. The van der Waals surface area contributed by atoms with E-state index in [2.05, 4.69) is 10.6 Å². The number of rotatable bonds is 6. The molecule has 0 saturated carbocycles.